The van der Waals surface area contributed by atoms with E-state index in [2.05, 4.69) is 4.84 Å². The van der Waals surface area contributed by atoms with Crippen LogP contribution in [0.3, 0.4) is 0 Å². The number of hydrogen-bond donors (Lipinski definition) is 2. The molecule has 60 valence electrons. The van der Waals surface area contributed by atoms with Crippen molar-refractivity contribution < 1.29 is 14.7 Å². The van der Waals surface area contributed by atoms with Crippen LogP contribution in [0.25, 0.3) is 0 Å². The van der Waals surface area contributed by atoms with Crippen LogP contribution < -0.4 is 5.90 Å². The van der Waals surface area contributed by atoms with Gasteiger partial charge in [-0.2, -0.15) is 0 Å². The van der Waals surface area contributed by atoms with Gasteiger partial charge in [-0.05, 0) is 6.42 Å². The van der Waals surface area contributed by atoms with Gasteiger partial charge in [-0.1, -0.05) is 0 Å². The van der Waals surface area contributed by atoms with Gasteiger partial charge < -0.3 is 14.7 Å². The first kappa shape index (κ1) is 7.94. The van der Waals surface area contributed by atoms with Crippen molar-refractivity contribution in [2.24, 2.45) is 5.90 Å². The molecular weight excluding hydrogens is 134 g/mol. The van der Waals surface area contributed by atoms with Gasteiger partial charge in [0.15, 0.2) is 0 Å². The van der Waals surface area contributed by atoms with Gasteiger partial charge in [-0.3, -0.25) is 0 Å². The molecule has 1 saturated heterocycles. The van der Waals surface area contributed by atoms with Crippen LogP contribution in [0.1, 0.15) is 12.8 Å². The summed E-state index contributed by atoms with van der Waals surface area (Å²) in [6, 6.07) is 0. The molecule has 0 spiro atoms. The molecule has 0 aliphatic carbocycles. The van der Waals surface area contributed by atoms with E-state index in [1.807, 2.05) is 0 Å². The van der Waals surface area contributed by atoms with Crippen LogP contribution in [0.4, 0.5) is 0 Å². The van der Waals surface area contributed by atoms with Gasteiger partial charge in [-0.15, -0.1) is 0 Å². The summed E-state index contributed by atoms with van der Waals surface area (Å²) < 4.78 is 5.22. The van der Waals surface area contributed by atoms with Crippen molar-refractivity contribution in [2.45, 2.75) is 25.0 Å². The molecule has 1 aliphatic heterocycles. The number of aliphatic hydroxyl groups is 1. The molecule has 0 saturated carbocycles. The quantitative estimate of drug-likeness (QED) is 0.513. The summed E-state index contributed by atoms with van der Waals surface area (Å²) >= 11 is 0. The van der Waals surface area contributed by atoms with Crippen molar-refractivity contribution in [2.75, 3.05) is 13.2 Å². The van der Waals surface area contributed by atoms with Crippen LogP contribution in [-0.4, -0.2) is 30.5 Å². The maximum absolute atomic E-state index is 9.13. The van der Waals surface area contributed by atoms with Crippen molar-refractivity contribution in [3.63, 3.8) is 0 Å². The van der Waals surface area contributed by atoms with Gasteiger partial charge in [0.05, 0.1) is 18.8 Å². The molecule has 3 N–H and O–H groups in total. The molecule has 0 aromatic carbocycles. The summed E-state index contributed by atoms with van der Waals surface area (Å²) in [6.45, 7) is 0.978. The molecule has 0 bridgehead atoms. The molecule has 0 aromatic rings. The molecule has 2 atom stereocenters. The van der Waals surface area contributed by atoms with Crippen LogP contribution in [0.15, 0.2) is 0 Å². The predicted molar refractivity (Wildman–Crippen MR) is 35.1 cm³/mol. The molecule has 0 radical (unpaired) electrons. The fourth-order valence-electron chi connectivity index (χ4n) is 1.08. The molecule has 1 heterocycles. The van der Waals surface area contributed by atoms with E-state index in [4.69, 9.17) is 15.7 Å². The second kappa shape index (κ2) is 3.88. The second-order valence-electron chi connectivity index (χ2n) is 2.50. The topological polar surface area (TPSA) is 64.7 Å². The Morgan fingerprint density at radius 2 is 2.50 bits per heavy atom. The maximum atomic E-state index is 9.13. The fourth-order valence-corrected chi connectivity index (χ4v) is 1.08. The summed E-state index contributed by atoms with van der Waals surface area (Å²) in [7, 11) is 0. The van der Waals surface area contributed by atoms with Crippen LogP contribution in [0, 0.1) is 0 Å². The lowest BCUT2D eigenvalue weighted by atomic mass is 10.1. The van der Waals surface area contributed by atoms with Crippen molar-refractivity contribution in [1.29, 1.82) is 0 Å². The number of aliphatic hydroxyl groups excluding tert-OH is 1. The average molecular weight is 147 g/mol. The Labute approximate surface area is 59.9 Å². The lowest BCUT2D eigenvalue weighted by molar-refractivity contribution is -0.0790. The third kappa shape index (κ3) is 2.22. The minimum atomic E-state index is -0.242. The Morgan fingerprint density at radius 1 is 1.70 bits per heavy atom. The van der Waals surface area contributed by atoms with Crippen molar-refractivity contribution >= 4 is 0 Å². The van der Waals surface area contributed by atoms with Gasteiger partial charge in [0.1, 0.15) is 0 Å². The monoisotopic (exact) mass is 147 g/mol. The molecule has 0 aromatic heterocycles. The first-order valence-corrected chi connectivity index (χ1v) is 3.44. The molecule has 1 fully saturated rings. The highest BCUT2D eigenvalue weighted by atomic mass is 16.6. The zero-order chi connectivity index (χ0) is 7.40. The minimum absolute atomic E-state index is 0.0197. The largest absolute Gasteiger partial charge is 0.393 e. The van der Waals surface area contributed by atoms with E-state index < -0.39 is 0 Å². The van der Waals surface area contributed by atoms with Crippen molar-refractivity contribution in [3.05, 3.63) is 0 Å². The van der Waals surface area contributed by atoms with E-state index in [-0.39, 0.29) is 12.2 Å². The lowest BCUT2D eigenvalue weighted by Crippen LogP contribution is -2.32. The third-order valence-corrected chi connectivity index (χ3v) is 1.62. The van der Waals surface area contributed by atoms with Crippen LogP contribution >= 0.6 is 0 Å². The predicted octanol–water partition coefficient (Wildman–Crippen LogP) is -0.583. The normalized spacial score (nSPS) is 34.2. The molecule has 0 amide bonds. The van der Waals surface area contributed by atoms with Gasteiger partial charge >= 0.3 is 0 Å². The van der Waals surface area contributed by atoms with Gasteiger partial charge in [0, 0.05) is 13.0 Å². The van der Waals surface area contributed by atoms with E-state index in [0.29, 0.717) is 19.6 Å². The van der Waals surface area contributed by atoms with E-state index >= 15 is 0 Å². The molecule has 1 aliphatic rings. The lowest BCUT2D eigenvalue weighted by Gasteiger charge is -2.25. The summed E-state index contributed by atoms with van der Waals surface area (Å²) in [5.41, 5.74) is 0. The zero-order valence-corrected chi connectivity index (χ0v) is 5.82. The molecule has 10 heavy (non-hydrogen) atoms. The Morgan fingerprint density at radius 3 is 3.10 bits per heavy atom. The van der Waals surface area contributed by atoms with E-state index in [9.17, 15) is 0 Å². The summed E-state index contributed by atoms with van der Waals surface area (Å²) in [5, 5.41) is 9.13. The molecular formula is C6H13NO3. The second-order valence-corrected chi connectivity index (χ2v) is 2.50. The number of hydrogen-bond acceptors (Lipinski definition) is 4. The smallest absolute Gasteiger partial charge is 0.0942 e. The van der Waals surface area contributed by atoms with E-state index in [1.165, 1.54) is 0 Å². The molecule has 4 nitrogen and oxygen atoms in total. The first-order valence-electron chi connectivity index (χ1n) is 3.44. The number of rotatable bonds is 2. The highest BCUT2D eigenvalue weighted by Crippen LogP contribution is 2.12. The SMILES string of the molecule is NOCC1CC(O)CCO1. The van der Waals surface area contributed by atoms with E-state index in [1.54, 1.807) is 0 Å². The Bertz CT molecular complexity index is 97.0. The molecule has 4 heteroatoms. The van der Waals surface area contributed by atoms with Crippen LogP contribution in [0.2, 0.25) is 0 Å². The van der Waals surface area contributed by atoms with Crippen molar-refractivity contribution in [1.82, 2.24) is 0 Å². The average Bonchev–Trinajstić information content (AvgIpc) is 1.88. The van der Waals surface area contributed by atoms with Gasteiger partial charge in [0.25, 0.3) is 0 Å². The standard InChI is InChI=1S/C6H13NO3/c7-10-4-6-3-5(8)1-2-9-6/h5-6,8H,1-4,7H2. The highest BCUT2D eigenvalue weighted by Gasteiger charge is 2.20. The van der Waals surface area contributed by atoms with Crippen molar-refractivity contribution in [3.8, 4) is 0 Å². The number of nitrogens with two attached hydrogens (primary N) is 1. The Kier molecular flexibility index (Phi) is 3.08. The highest BCUT2D eigenvalue weighted by molar-refractivity contribution is 4.69. The first-order chi connectivity index (χ1) is 4.83. The Hall–Kier alpha value is -0.160. The van der Waals surface area contributed by atoms with Gasteiger partial charge in [-0.25, -0.2) is 5.90 Å². The summed E-state index contributed by atoms with van der Waals surface area (Å²) in [4.78, 5) is 4.39. The number of ether oxygens (including phenoxy) is 1. The third-order valence-electron chi connectivity index (χ3n) is 1.62. The van der Waals surface area contributed by atoms with Gasteiger partial charge in [0.2, 0.25) is 0 Å². The zero-order valence-electron chi connectivity index (χ0n) is 5.82. The molecule has 1 rings (SSSR count). The summed E-state index contributed by atoms with van der Waals surface area (Å²) in [6.07, 6.45) is 1.10. The Balaban J connectivity index is 2.18. The fraction of sp³-hybridized carbons (Fsp3) is 1.00. The minimum Gasteiger partial charge on any atom is -0.393 e. The summed E-state index contributed by atoms with van der Waals surface area (Å²) in [5.74, 6) is 4.84. The maximum Gasteiger partial charge on any atom is 0.0942 e. The molecule has 2 unspecified atom stereocenters. The van der Waals surface area contributed by atoms with Crippen LogP contribution in [0.5, 0.6) is 0 Å². The van der Waals surface area contributed by atoms with Crippen LogP contribution in [-0.2, 0) is 9.57 Å². The van der Waals surface area contributed by atoms with E-state index in [0.717, 1.165) is 6.42 Å².